The second-order valence-electron chi connectivity index (χ2n) is 4.48. The minimum atomic E-state index is -0.775. The average molecular weight is 263 g/mol. The Balaban J connectivity index is 2.11. The molecule has 0 aromatic carbocycles. The van der Waals surface area contributed by atoms with E-state index in [1.807, 2.05) is 14.0 Å². The number of fused-ring (bicyclic) bond motifs is 1. The summed E-state index contributed by atoms with van der Waals surface area (Å²) in [5.74, 6) is 0.00369. The van der Waals surface area contributed by atoms with Crippen LogP contribution in [0.1, 0.15) is 19.8 Å². The maximum absolute atomic E-state index is 10.7. The van der Waals surface area contributed by atoms with Gasteiger partial charge in [0.25, 0.3) is 0 Å². The van der Waals surface area contributed by atoms with E-state index in [9.17, 15) is 4.79 Å². The number of carboxylic acids is 1. The van der Waals surface area contributed by atoms with Gasteiger partial charge < -0.3 is 10.4 Å². The van der Waals surface area contributed by atoms with Crippen LogP contribution in [-0.4, -0.2) is 37.4 Å². The molecule has 7 nitrogen and oxygen atoms in total. The Kier molecular flexibility index (Phi) is 3.94. The number of aryl methyl sites for hydroxylation is 1. The summed E-state index contributed by atoms with van der Waals surface area (Å²) in [4.78, 5) is 19.1. The van der Waals surface area contributed by atoms with Crippen molar-refractivity contribution in [2.45, 2.75) is 19.8 Å². The largest absolute Gasteiger partial charge is 0.481 e. The fraction of sp³-hybridized carbons (Fsp3) is 0.500. The molecule has 1 unspecified atom stereocenters. The van der Waals surface area contributed by atoms with Crippen molar-refractivity contribution in [1.82, 2.24) is 19.7 Å². The Morgan fingerprint density at radius 1 is 1.53 bits per heavy atom. The number of hydrogen-bond acceptors (Lipinski definition) is 5. The van der Waals surface area contributed by atoms with E-state index >= 15 is 0 Å². The maximum atomic E-state index is 10.7. The molecule has 0 aliphatic carbocycles. The van der Waals surface area contributed by atoms with Crippen molar-refractivity contribution in [2.75, 3.05) is 11.9 Å². The molecule has 7 heteroatoms. The highest BCUT2D eigenvalue weighted by Gasteiger charge is 2.13. The molecule has 0 aliphatic rings. The topological polar surface area (TPSA) is 92.9 Å². The second kappa shape index (κ2) is 5.64. The van der Waals surface area contributed by atoms with Crippen LogP contribution in [0.3, 0.4) is 0 Å². The number of aromatic nitrogens is 4. The van der Waals surface area contributed by atoms with Crippen LogP contribution in [-0.2, 0) is 11.8 Å². The lowest BCUT2D eigenvalue weighted by atomic mass is 10.0. The van der Waals surface area contributed by atoms with E-state index in [1.54, 1.807) is 10.9 Å². The van der Waals surface area contributed by atoms with Gasteiger partial charge >= 0.3 is 5.97 Å². The minimum absolute atomic E-state index is 0.0826. The Bertz CT molecular complexity index is 581. The third kappa shape index (κ3) is 2.98. The summed E-state index contributed by atoms with van der Waals surface area (Å²) in [6.07, 6.45) is 4.14. The zero-order valence-corrected chi connectivity index (χ0v) is 11.0. The molecule has 0 amide bonds. The van der Waals surface area contributed by atoms with Gasteiger partial charge in [-0.15, -0.1) is 0 Å². The monoisotopic (exact) mass is 263 g/mol. The number of nitrogens with zero attached hydrogens (tertiary/aromatic N) is 4. The van der Waals surface area contributed by atoms with Crippen LogP contribution in [0.4, 0.5) is 5.82 Å². The number of aliphatic carboxylic acids is 1. The van der Waals surface area contributed by atoms with Gasteiger partial charge in [-0.05, 0) is 5.92 Å². The van der Waals surface area contributed by atoms with Crippen molar-refractivity contribution in [1.29, 1.82) is 0 Å². The molecule has 0 fully saturated rings. The quantitative estimate of drug-likeness (QED) is 0.815. The number of carboxylic acid groups (broad SMARTS) is 1. The summed E-state index contributed by atoms with van der Waals surface area (Å²) in [5.41, 5.74) is 0.754. The fourth-order valence-corrected chi connectivity index (χ4v) is 1.95. The minimum Gasteiger partial charge on any atom is -0.481 e. The molecule has 1 atom stereocenters. The van der Waals surface area contributed by atoms with Crippen molar-refractivity contribution >= 4 is 22.8 Å². The van der Waals surface area contributed by atoms with Crippen molar-refractivity contribution in [3.63, 3.8) is 0 Å². The number of carbonyl (C=O) groups is 1. The van der Waals surface area contributed by atoms with E-state index < -0.39 is 5.97 Å². The first-order valence-electron chi connectivity index (χ1n) is 6.20. The normalized spacial score (nSPS) is 12.5. The third-order valence-electron chi connectivity index (χ3n) is 3.13. The Morgan fingerprint density at radius 3 is 3.00 bits per heavy atom. The molecule has 102 valence electrons. The van der Waals surface area contributed by atoms with Crippen molar-refractivity contribution < 1.29 is 9.90 Å². The second-order valence-corrected chi connectivity index (χ2v) is 4.48. The first kappa shape index (κ1) is 13.3. The highest BCUT2D eigenvalue weighted by atomic mass is 16.4. The number of anilines is 1. The molecule has 2 heterocycles. The summed E-state index contributed by atoms with van der Waals surface area (Å²) in [7, 11) is 1.82. The molecule has 0 aliphatic heterocycles. The Morgan fingerprint density at radius 2 is 2.32 bits per heavy atom. The van der Waals surface area contributed by atoms with Crippen LogP contribution in [0.25, 0.3) is 11.0 Å². The summed E-state index contributed by atoms with van der Waals surface area (Å²) in [6.45, 7) is 2.55. The van der Waals surface area contributed by atoms with Gasteiger partial charge in [-0.25, -0.2) is 9.97 Å². The fourth-order valence-electron chi connectivity index (χ4n) is 1.95. The molecule has 0 radical (unpaired) electrons. The lowest BCUT2D eigenvalue weighted by Gasteiger charge is -2.14. The van der Waals surface area contributed by atoms with Gasteiger partial charge in [-0.1, -0.05) is 13.3 Å². The molecular weight excluding hydrogens is 246 g/mol. The molecule has 0 bridgehead atoms. The van der Waals surface area contributed by atoms with Gasteiger partial charge in [0.15, 0.2) is 5.65 Å². The highest BCUT2D eigenvalue weighted by Crippen LogP contribution is 2.19. The zero-order chi connectivity index (χ0) is 13.8. The van der Waals surface area contributed by atoms with Crippen LogP contribution in [0.2, 0.25) is 0 Å². The number of nitrogens with one attached hydrogen (secondary N) is 1. The zero-order valence-electron chi connectivity index (χ0n) is 11.0. The molecule has 0 saturated heterocycles. The van der Waals surface area contributed by atoms with Gasteiger partial charge in [-0.2, -0.15) is 5.10 Å². The molecular formula is C12H17N5O2. The van der Waals surface area contributed by atoms with E-state index in [2.05, 4.69) is 20.4 Å². The maximum Gasteiger partial charge on any atom is 0.303 e. The van der Waals surface area contributed by atoms with Gasteiger partial charge in [-0.3, -0.25) is 9.48 Å². The van der Waals surface area contributed by atoms with Gasteiger partial charge in [0.05, 0.1) is 11.6 Å². The van der Waals surface area contributed by atoms with Crippen molar-refractivity contribution in [3.8, 4) is 0 Å². The molecule has 2 aromatic rings. The summed E-state index contributed by atoms with van der Waals surface area (Å²) in [5, 5.41) is 17.0. The molecule has 0 spiro atoms. The molecule has 0 saturated carbocycles. The highest BCUT2D eigenvalue weighted by molar-refractivity contribution is 5.85. The van der Waals surface area contributed by atoms with Gasteiger partial charge in [0.2, 0.25) is 0 Å². The average Bonchev–Trinajstić information content (AvgIpc) is 2.77. The molecule has 2 N–H and O–H groups in total. The van der Waals surface area contributed by atoms with E-state index in [0.717, 1.165) is 17.5 Å². The summed E-state index contributed by atoms with van der Waals surface area (Å²) < 4.78 is 1.68. The molecule has 19 heavy (non-hydrogen) atoms. The number of hydrogen-bond donors (Lipinski definition) is 2. The van der Waals surface area contributed by atoms with Gasteiger partial charge in [0.1, 0.15) is 12.1 Å². The van der Waals surface area contributed by atoms with E-state index in [0.29, 0.717) is 12.4 Å². The first-order valence-corrected chi connectivity index (χ1v) is 6.20. The lowest BCUT2D eigenvalue weighted by molar-refractivity contribution is -0.138. The van der Waals surface area contributed by atoms with Crippen LogP contribution >= 0.6 is 0 Å². The Hall–Kier alpha value is -2.18. The molecule has 2 aromatic heterocycles. The predicted octanol–water partition coefficient (Wildman–Crippen LogP) is 1.28. The SMILES string of the molecule is CCC(CNc1ncnc2c1cnn2C)CC(=O)O. The number of rotatable bonds is 6. The standard InChI is InChI=1S/C12H17N5O2/c1-3-8(4-10(18)19)5-13-11-9-6-16-17(2)12(9)15-7-14-11/h6-8H,3-5H2,1-2H3,(H,18,19)(H,13,14,15). The van der Waals surface area contributed by atoms with Crippen LogP contribution in [0.5, 0.6) is 0 Å². The van der Waals surface area contributed by atoms with Crippen molar-refractivity contribution in [2.24, 2.45) is 13.0 Å². The summed E-state index contributed by atoms with van der Waals surface area (Å²) in [6, 6.07) is 0. The summed E-state index contributed by atoms with van der Waals surface area (Å²) >= 11 is 0. The van der Waals surface area contributed by atoms with E-state index in [4.69, 9.17) is 5.11 Å². The van der Waals surface area contributed by atoms with Gasteiger partial charge in [0, 0.05) is 20.0 Å². The van der Waals surface area contributed by atoms with Crippen LogP contribution in [0, 0.1) is 5.92 Å². The third-order valence-corrected chi connectivity index (χ3v) is 3.13. The van der Waals surface area contributed by atoms with Crippen LogP contribution in [0.15, 0.2) is 12.5 Å². The molecule has 2 rings (SSSR count). The Labute approximate surface area is 110 Å². The first-order chi connectivity index (χ1) is 9.11. The smallest absolute Gasteiger partial charge is 0.303 e. The predicted molar refractivity (Wildman–Crippen MR) is 70.8 cm³/mol. The van der Waals surface area contributed by atoms with Crippen LogP contribution < -0.4 is 5.32 Å². The van der Waals surface area contributed by atoms with Crippen molar-refractivity contribution in [3.05, 3.63) is 12.5 Å². The lowest BCUT2D eigenvalue weighted by Crippen LogP contribution is -2.17. The van der Waals surface area contributed by atoms with E-state index in [1.165, 1.54) is 6.33 Å². The van der Waals surface area contributed by atoms with E-state index in [-0.39, 0.29) is 12.3 Å².